The van der Waals surface area contributed by atoms with Crippen molar-refractivity contribution in [1.29, 1.82) is 0 Å². The number of aromatic nitrogens is 5. The molecule has 156 valence electrons. The lowest BCUT2D eigenvalue weighted by atomic mass is 10.1. The maximum absolute atomic E-state index is 10.5. The fourth-order valence-corrected chi connectivity index (χ4v) is 4.21. The van der Waals surface area contributed by atoms with E-state index in [9.17, 15) is 10.2 Å². The Morgan fingerprint density at radius 2 is 2.06 bits per heavy atom. The monoisotopic (exact) mass is 433 g/mol. The number of aliphatic hydroxyl groups is 2. The number of aryl methyl sites for hydroxylation is 1. The highest BCUT2D eigenvalue weighted by Crippen LogP contribution is 2.33. The van der Waals surface area contributed by atoms with Gasteiger partial charge < -0.3 is 24.9 Å². The molecule has 0 saturated carbocycles. The van der Waals surface area contributed by atoms with E-state index in [1.165, 1.54) is 11.3 Å². The zero-order chi connectivity index (χ0) is 21.4. The summed E-state index contributed by atoms with van der Waals surface area (Å²) in [6.07, 6.45) is 2.56. The van der Waals surface area contributed by atoms with Crippen molar-refractivity contribution in [2.75, 3.05) is 0 Å². The van der Waals surface area contributed by atoms with E-state index < -0.39 is 6.10 Å². The number of hydrogen-bond acceptors (Lipinski definition) is 7. The van der Waals surface area contributed by atoms with Crippen molar-refractivity contribution in [3.63, 3.8) is 0 Å². The van der Waals surface area contributed by atoms with Crippen molar-refractivity contribution in [3.8, 4) is 22.9 Å². The highest BCUT2D eigenvalue weighted by molar-refractivity contribution is 7.11. The van der Waals surface area contributed by atoms with Gasteiger partial charge in [0.25, 0.3) is 0 Å². The average Bonchev–Trinajstić information content (AvgIpc) is 3.54. The van der Waals surface area contributed by atoms with E-state index >= 15 is 0 Å². The Morgan fingerprint density at radius 3 is 2.87 bits per heavy atom. The molecule has 9 heteroatoms. The normalized spacial score (nSPS) is 12.4. The minimum Gasteiger partial charge on any atom is -0.457 e. The van der Waals surface area contributed by atoms with Crippen LogP contribution in [-0.4, -0.2) is 35.4 Å². The van der Waals surface area contributed by atoms with Gasteiger partial charge in [0.05, 0.1) is 16.5 Å². The molecule has 0 fully saturated rings. The Bertz CT molecular complexity index is 1360. The van der Waals surface area contributed by atoms with Crippen LogP contribution >= 0.6 is 11.3 Å². The van der Waals surface area contributed by atoms with Crippen molar-refractivity contribution in [2.45, 2.75) is 19.6 Å². The number of rotatable bonds is 6. The fraction of sp³-hybridized carbons (Fsp3) is 0.136. The molecule has 1 atom stereocenters. The highest BCUT2D eigenvalue weighted by atomic mass is 32.1. The van der Waals surface area contributed by atoms with E-state index in [1.807, 2.05) is 55.6 Å². The van der Waals surface area contributed by atoms with Gasteiger partial charge in [-0.3, -0.25) is 0 Å². The summed E-state index contributed by atoms with van der Waals surface area (Å²) >= 11 is 1.41. The minimum atomic E-state index is -0.910. The molecule has 0 amide bonds. The number of aliphatic hydroxyl groups excluding tert-OH is 2. The van der Waals surface area contributed by atoms with Gasteiger partial charge >= 0.3 is 0 Å². The molecule has 31 heavy (non-hydrogen) atoms. The molecular formula is C22H19N5O3S. The van der Waals surface area contributed by atoms with E-state index in [0.29, 0.717) is 33.6 Å². The van der Waals surface area contributed by atoms with Crippen molar-refractivity contribution in [2.24, 2.45) is 0 Å². The lowest BCUT2D eigenvalue weighted by Crippen LogP contribution is -1.99. The number of H-pyrrole nitrogens is 2. The van der Waals surface area contributed by atoms with E-state index in [1.54, 1.807) is 6.20 Å². The van der Waals surface area contributed by atoms with Crippen molar-refractivity contribution >= 4 is 22.2 Å². The van der Waals surface area contributed by atoms with Crippen LogP contribution in [0.5, 0.6) is 11.5 Å². The number of thiazole rings is 1. The Morgan fingerprint density at radius 1 is 1.16 bits per heavy atom. The number of nitrogens with zero attached hydrogens (tertiary/aromatic N) is 3. The first-order valence-corrected chi connectivity index (χ1v) is 10.4. The Labute approximate surface area is 181 Å². The van der Waals surface area contributed by atoms with Crippen LogP contribution in [0.15, 0.2) is 54.9 Å². The van der Waals surface area contributed by atoms with Gasteiger partial charge in [-0.05, 0) is 37.3 Å². The van der Waals surface area contributed by atoms with Gasteiger partial charge in [0, 0.05) is 34.4 Å². The molecule has 0 radical (unpaired) electrons. The van der Waals surface area contributed by atoms with Crippen LogP contribution in [0, 0.1) is 6.92 Å². The Balaban J connectivity index is 1.42. The Kier molecular flexibility index (Phi) is 4.99. The van der Waals surface area contributed by atoms with Crippen LogP contribution < -0.4 is 4.74 Å². The molecule has 5 rings (SSSR count). The molecule has 3 aromatic heterocycles. The van der Waals surface area contributed by atoms with Crippen molar-refractivity contribution < 1.29 is 14.9 Å². The topological polar surface area (TPSA) is 120 Å². The summed E-state index contributed by atoms with van der Waals surface area (Å²) in [7, 11) is 0. The van der Waals surface area contributed by atoms with Gasteiger partial charge in [0.1, 0.15) is 17.6 Å². The third kappa shape index (κ3) is 3.70. The van der Waals surface area contributed by atoms with E-state index in [2.05, 4.69) is 25.1 Å². The van der Waals surface area contributed by atoms with Gasteiger partial charge in [0.15, 0.2) is 11.6 Å². The summed E-state index contributed by atoms with van der Waals surface area (Å²) in [6.45, 7) is 1.75. The van der Waals surface area contributed by atoms with Gasteiger partial charge in [-0.15, -0.1) is 21.5 Å². The standard InChI is InChI=1S/C22H19N5O3S/c1-12-24-10-19(31-12)20(29)22-25-21(26-27-22)13-3-2-4-14(9-13)30-18-6-5-17-15(7-8-23-17)16(18)11-28/h2-10,20,23,28-29H,11H2,1H3,(H,25,26,27). The number of aromatic amines is 2. The highest BCUT2D eigenvalue weighted by Gasteiger charge is 2.18. The molecule has 2 aromatic carbocycles. The van der Waals surface area contributed by atoms with Gasteiger partial charge in [0.2, 0.25) is 0 Å². The van der Waals surface area contributed by atoms with E-state index in [-0.39, 0.29) is 6.61 Å². The molecule has 0 aliphatic rings. The van der Waals surface area contributed by atoms with Gasteiger partial charge in [-0.2, -0.15) is 0 Å². The summed E-state index contributed by atoms with van der Waals surface area (Å²) in [4.78, 5) is 11.1. The van der Waals surface area contributed by atoms with E-state index in [0.717, 1.165) is 21.5 Å². The largest absolute Gasteiger partial charge is 0.457 e. The van der Waals surface area contributed by atoms with Crippen LogP contribution in [0.25, 0.3) is 22.3 Å². The molecule has 0 bridgehead atoms. The molecule has 4 N–H and O–H groups in total. The molecule has 0 aliphatic heterocycles. The first-order valence-electron chi connectivity index (χ1n) is 9.63. The predicted octanol–water partition coefficient (Wildman–Crippen LogP) is 4.08. The molecule has 5 aromatic rings. The molecule has 8 nitrogen and oxygen atoms in total. The second-order valence-corrected chi connectivity index (χ2v) is 8.28. The molecule has 0 saturated heterocycles. The number of benzene rings is 2. The van der Waals surface area contributed by atoms with Crippen LogP contribution in [-0.2, 0) is 6.61 Å². The summed E-state index contributed by atoms with van der Waals surface area (Å²) in [5, 5.41) is 30.4. The second kappa shape index (κ2) is 7.95. The quantitative estimate of drug-likeness (QED) is 0.320. The third-order valence-electron chi connectivity index (χ3n) is 4.97. The minimum absolute atomic E-state index is 0.134. The molecule has 0 spiro atoms. The third-order valence-corrected chi connectivity index (χ3v) is 5.93. The molecule has 0 aliphatic carbocycles. The molecule has 3 heterocycles. The number of hydrogen-bond donors (Lipinski definition) is 4. The van der Waals surface area contributed by atoms with Crippen LogP contribution in [0.3, 0.4) is 0 Å². The summed E-state index contributed by atoms with van der Waals surface area (Å²) in [5.41, 5.74) is 2.42. The van der Waals surface area contributed by atoms with Crippen molar-refractivity contribution in [3.05, 3.63) is 76.1 Å². The van der Waals surface area contributed by atoms with Crippen LogP contribution in [0.1, 0.15) is 27.4 Å². The predicted molar refractivity (Wildman–Crippen MR) is 117 cm³/mol. The fourth-order valence-electron chi connectivity index (χ4n) is 3.44. The SMILES string of the molecule is Cc1ncc(C(O)c2nnc(-c3cccc(Oc4ccc5[nH]ccc5c4CO)c3)[nH]2)s1. The Hall–Kier alpha value is -3.53. The lowest BCUT2D eigenvalue weighted by molar-refractivity contribution is 0.214. The maximum Gasteiger partial charge on any atom is 0.165 e. The van der Waals surface area contributed by atoms with Gasteiger partial charge in [-0.1, -0.05) is 12.1 Å². The number of nitrogens with one attached hydrogen (secondary N) is 2. The second-order valence-electron chi connectivity index (χ2n) is 7.01. The van der Waals surface area contributed by atoms with E-state index in [4.69, 9.17) is 4.74 Å². The zero-order valence-electron chi connectivity index (χ0n) is 16.5. The number of fused-ring (bicyclic) bond motifs is 1. The first kappa shape index (κ1) is 19.4. The van der Waals surface area contributed by atoms with Crippen LogP contribution in [0.4, 0.5) is 0 Å². The molecule has 1 unspecified atom stereocenters. The van der Waals surface area contributed by atoms with Crippen LogP contribution in [0.2, 0.25) is 0 Å². The number of ether oxygens (including phenoxy) is 1. The van der Waals surface area contributed by atoms with Crippen molar-refractivity contribution in [1.82, 2.24) is 25.1 Å². The zero-order valence-corrected chi connectivity index (χ0v) is 17.3. The first-order chi connectivity index (χ1) is 15.1. The summed E-state index contributed by atoms with van der Waals surface area (Å²) < 4.78 is 6.07. The van der Waals surface area contributed by atoms with Gasteiger partial charge in [-0.25, -0.2) is 4.98 Å². The maximum atomic E-state index is 10.5. The molecular weight excluding hydrogens is 414 g/mol. The average molecular weight is 433 g/mol. The smallest absolute Gasteiger partial charge is 0.165 e. The summed E-state index contributed by atoms with van der Waals surface area (Å²) in [6, 6.07) is 13.0. The summed E-state index contributed by atoms with van der Waals surface area (Å²) in [5.74, 6) is 2.05. The lowest BCUT2D eigenvalue weighted by Gasteiger charge is -2.11.